The van der Waals surface area contributed by atoms with E-state index in [4.69, 9.17) is 10.4 Å². The molecule has 0 radical (unpaired) electrons. The van der Waals surface area contributed by atoms with Crippen LogP contribution in [0.4, 0.5) is 0 Å². The molecule has 6 nitrogen and oxygen atoms in total. The molecule has 4 N–H and O–H groups in total. The number of carbonyl (C=O) groups excluding carboxylic acids is 1. The molecule has 1 unspecified atom stereocenters. The van der Waals surface area contributed by atoms with E-state index in [1.807, 2.05) is 19.3 Å². The van der Waals surface area contributed by atoms with Crippen molar-refractivity contribution in [1.29, 1.82) is 0 Å². The van der Waals surface area contributed by atoms with Crippen molar-refractivity contribution >= 4 is 16.0 Å². The Hall–Kier alpha value is -0.660. The van der Waals surface area contributed by atoms with Crippen molar-refractivity contribution in [3.8, 4) is 0 Å². The number of carbonyl (C=O) groups is 1. The number of hydrogen-bond donors (Lipinski definition) is 3. The second-order valence-corrected chi connectivity index (χ2v) is 6.89. The van der Waals surface area contributed by atoms with Crippen LogP contribution >= 0.6 is 0 Å². The molecule has 7 heteroatoms. The molecule has 0 spiro atoms. The molecule has 0 aliphatic rings. The lowest BCUT2D eigenvalue weighted by atomic mass is 9.73. The van der Waals surface area contributed by atoms with Gasteiger partial charge in [0.05, 0.1) is 11.7 Å². The fourth-order valence-corrected chi connectivity index (χ4v) is 3.19. The van der Waals surface area contributed by atoms with Gasteiger partial charge in [0.2, 0.25) is 5.91 Å². The Labute approximate surface area is 103 Å². The van der Waals surface area contributed by atoms with Crippen LogP contribution in [0.2, 0.25) is 0 Å². The summed E-state index contributed by atoms with van der Waals surface area (Å²) in [5.41, 5.74) is 1.39. The van der Waals surface area contributed by atoms with Crippen molar-refractivity contribution in [3.63, 3.8) is 0 Å². The van der Waals surface area contributed by atoms with Crippen LogP contribution in [0.1, 0.15) is 34.1 Å². The van der Waals surface area contributed by atoms with E-state index in [-0.39, 0.29) is 0 Å². The Morgan fingerprint density at radius 1 is 1.41 bits per heavy atom. The summed E-state index contributed by atoms with van der Waals surface area (Å²) in [4.78, 5) is 11.6. The monoisotopic (exact) mass is 266 g/mol. The molecule has 102 valence electrons. The van der Waals surface area contributed by atoms with E-state index >= 15 is 0 Å². The summed E-state index contributed by atoms with van der Waals surface area (Å²) in [5.74, 6) is 3.29. The van der Waals surface area contributed by atoms with E-state index in [0.29, 0.717) is 12.3 Å². The summed E-state index contributed by atoms with van der Waals surface area (Å²) in [7, 11) is -4.21. The Balaban J connectivity index is 5.10. The van der Waals surface area contributed by atoms with Crippen molar-refractivity contribution < 1.29 is 17.8 Å². The van der Waals surface area contributed by atoms with Gasteiger partial charge in [-0.25, -0.2) is 5.84 Å². The van der Waals surface area contributed by atoms with Gasteiger partial charge in [0.1, 0.15) is 0 Å². The molecule has 0 rings (SSSR count). The third-order valence-electron chi connectivity index (χ3n) is 2.71. The molecular weight excluding hydrogens is 244 g/mol. The summed E-state index contributed by atoms with van der Waals surface area (Å²) in [6, 6.07) is 0. The van der Waals surface area contributed by atoms with Crippen LogP contribution in [0.3, 0.4) is 0 Å². The summed E-state index contributed by atoms with van der Waals surface area (Å²) >= 11 is 0. The maximum Gasteiger partial charge on any atom is 0.265 e. The van der Waals surface area contributed by atoms with Crippen LogP contribution in [-0.4, -0.2) is 24.6 Å². The standard InChI is InChI=1S/C10H22N2O4S/c1-7(2)5-10(3,4)8(9(13)12-11)6-17(14,15)16/h7-8H,5-6,11H2,1-4H3,(H,12,13)(H,14,15,16). The Morgan fingerprint density at radius 3 is 2.18 bits per heavy atom. The van der Waals surface area contributed by atoms with Gasteiger partial charge in [-0.15, -0.1) is 0 Å². The SMILES string of the molecule is CC(C)CC(C)(C)C(CS(=O)(=O)O)C(=O)NN. The summed E-state index contributed by atoms with van der Waals surface area (Å²) < 4.78 is 30.7. The van der Waals surface area contributed by atoms with Gasteiger partial charge in [0, 0.05) is 0 Å². The summed E-state index contributed by atoms with van der Waals surface area (Å²) in [5, 5.41) is 0. The molecule has 1 atom stereocenters. The Morgan fingerprint density at radius 2 is 1.88 bits per heavy atom. The van der Waals surface area contributed by atoms with Crippen LogP contribution in [0.5, 0.6) is 0 Å². The predicted octanol–water partition coefficient (Wildman–Crippen LogP) is 0.553. The van der Waals surface area contributed by atoms with E-state index in [9.17, 15) is 13.2 Å². The third-order valence-corrected chi connectivity index (χ3v) is 3.47. The van der Waals surface area contributed by atoms with Crippen molar-refractivity contribution in [2.45, 2.75) is 34.1 Å². The lowest BCUT2D eigenvalue weighted by molar-refractivity contribution is -0.128. The minimum absolute atomic E-state index is 0.305. The Bertz CT molecular complexity index is 363. The largest absolute Gasteiger partial charge is 0.294 e. The fourth-order valence-electron chi connectivity index (χ4n) is 2.16. The number of nitrogens with two attached hydrogens (primary N) is 1. The lowest BCUT2D eigenvalue weighted by Gasteiger charge is -2.33. The second-order valence-electron chi connectivity index (χ2n) is 5.40. The zero-order valence-corrected chi connectivity index (χ0v) is 11.5. The molecule has 17 heavy (non-hydrogen) atoms. The van der Waals surface area contributed by atoms with Crippen LogP contribution in [-0.2, 0) is 14.9 Å². The van der Waals surface area contributed by atoms with Gasteiger partial charge in [-0.1, -0.05) is 27.7 Å². The van der Waals surface area contributed by atoms with Crippen LogP contribution < -0.4 is 11.3 Å². The maximum atomic E-state index is 11.6. The highest BCUT2D eigenvalue weighted by Crippen LogP contribution is 2.34. The van der Waals surface area contributed by atoms with Gasteiger partial charge < -0.3 is 0 Å². The van der Waals surface area contributed by atoms with Crippen molar-refractivity contribution in [2.75, 3.05) is 5.75 Å². The minimum Gasteiger partial charge on any atom is -0.294 e. The first kappa shape index (κ1) is 16.3. The highest BCUT2D eigenvalue weighted by molar-refractivity contribution is 7.85. The van der Waals surface area contributed by atoms with E-state index in [0.717, 1.165) is 0 Å². The number of rotatable bonds is 6. The highest BCUT2D eigenvalue weighted by Gasteiger charge is 2.38. The molecule has 0 aromatic rings. The average Bonchev–Trinajstić information content (AvgIpc) is 2.09. The van der Waals surface area contributed by atoms with Crippen LogP contribution in [0.25, 0.3) is 0 Å². The maximum absolute atomic E-state index is 11.6. The van der Waals surface area contributed by atoms with Gasteiger partial charge in [0.25, 0.3) is 10.1 Å². The smallest absolute Gasteiger partial charge is 0.265 e. The zero-order chi connectivity index (χ0) is 13.9. The fraction of sp³-hybridized carbons (Fsp3) is 0.900. The first-order valence-corrected chi connectivity index (χ1v) is 7.06. The lowest BCUT2D eigenvalue weighted by Crippen LogP contribution is -2.46. The first-order chi connectivity index (χ1) is 7.49. The van der Waals surface area contributed by atoms with Crippen molar-refractivity contribution in [2.24, 2.45) is 23.1 Å². The topological polar surface area (TPSA) is 109 Å². The normalized spacial score (nSPS) is 14.8. The molecule has 0 aliphatic carbocycles. The number of hydrogen-bond acceptors (Lipinski definition) is 4. The van der Waals surface area contributed by atoms with E-state index in [1.165, 1.54) is 0 Å². The molecule has 0 heterocycles. The minimum atomic E-state index is -4.21. The van der Waals surface area contributed by atoms with E-state index in [1.54, 1.807) is 13.8 Å². The Kier molecular flexibility index (Phi) is 5.57. The average molecular weight is 266 g/mol. The second kappa shape index (κ2) is 5.79. The predicted molar refractivity (Wildman–Crippen MR) is 65.5 cm³/mol. The molecule has 0 saturated heterocycles. The number of hydrazine groups is 1. The molecule has 0 aromatic carbocycles. The first-order valence-electron chi connectivity index (χ1n) is 5.45. The zero-order valence-electron chi connectivity index (χ0n) is 10.7. The summed E-state index contributed by atoms with van der Waals surface area (Å²) in [6.07, 6.45) is 0.653. The molecular formula is C10H22N2O4S. The third kappa shape index (κ3) is 5.99. The molecule has 0 aromatic heterocycles. The van der Waals surface area contributed by atoms with Gasteiger partial charge >= 0.3 is 0 Å². The molecule has 0 saturated carbocycles. The molecule has 0 aliphatic heterocycles. The number of nitrogens with one attached hydrogen (secondary N) is 1. The van der Waals surface area contributed by atoms with Gasteiger partial charge in [-0.2, -0.15) is 8.42 Å². The quantitative estimate of drug-likeness (QED) is 0.281. The van der Waals surface area contributed by atoms with Gasteiger partial charge in [-0.3, -0.25) is 14.8 Å². The molecule has 0 fully saturated rings. The number of amides is 1. The van der Waals surface area contributed by atoms with Gasteiger partial charge in [-0.05, 0) is 17.8 Å². The van der Waals surface area contributed by atoms with Crippen LogP contribution in [0.15, 0.2) is 0 Å². The molecule has 1 amide bonds. The highest BCUT2D eigenvalue weighted by atomic mass is 32.2. The summed E-state index contributed by atoms with van der Waals surface area (Å²) in [6.45, 7) is 7.54. The van der Waals surface area contributed by atoms with E-state index in [2.05, 4.69) is 0 Å². The van der Waals surface area contributed by atoms with Crippen molar-refractivity contribution in [3.05, 3.63) is 0 Å². The van der Waals surface area contributed by atoms with Gasteiger partial charge in [0.15, 0.2) is 0 Å². The molecule has 0 bridgehead atoms. The van der Waals surface area contributed by atoms with Crippen molar-refractivity contribution in [1.82, 2.24) is 5.43 Å². The van der Waals surface area contributed by atoms with E-state index < -0.39 is 33.1 Å². The van der Waals surface area contributed by atoms with Crippen LogP contribution in [0, 0.1) is 17.3 Å².